The van der Waals surface area contributed by atoms with Gasteiger partial charge >= 0.3 is 5.97 Å². The highest BCUT2D eigenvalue weighted by atomic mass is 32.1. The van der Waals surface area contributed by atoms with E-state index in [1.54, 1.807) is 13.8 Å². The third-order valence-corrected chi connectivity index (χ3v) is 2.17. The van der Waals surface area contributed by atoms with Crippen molar-refractivity contribution >= 4 is 24.5 Å². The second-order valence-electron chi connectivity index (χ2n) is 3.75. The zero-order valence-electron chi connectivity index (χ0n) is 9.83. The van der Waals surface area contributed by atoms with Crippen LogP contribution in [0.5, 0.6) is 0 Å². The van der Waals surface area contributed by atoms with Crippen LogP contribution in [0.1, 0.15) is 34.1 Å². The van der Waals surface area contributed by atoms with Gasteiger partial charge in [-0.3, -0.25) is 9.59 Å². The van der Waals surface area contributed by atoms with E-state index < -0.39 is 11.4 Å². The van der Waals surface area contributed by atoms with Crippen LogP contribution in [0.4, 0.5) is 0 Å². The van der Waals surface area contributed by atoms with Crippen LogP contribution >= 0.6 is 12.6 Å². The molecule has 0 aliphatic rings. The maximum Gasteiger partial charge on any atom is 0.309 e. The van der Waals surface area contributed by atoms with Crippen LogP contribution in [0, 0.1) is 5.41 Å². The Morgan fingerprint density at radius 3 is 1.93 bits per heavy atom. The number of hydrogen-bond acceptors (Lipinski definition) is 3. The summed E-state index contributed by atoms with van der Waals surface area (Å²) in [6.45, 7) is 7.46. The molecule has 90 valence electrons. The van der Waals surface area contributed by atoms with Gasteiger partial charge < -0.3 is 10.4 Å². The molecule has 0 aromatic carbocycles. The molecular formula is C10H21NO3S. The van der Waals surface area contributed by atoms with Gasteiger partial charge in [0.05, 0.1) is 5.41 Å². The third-order valence-electron chi connectivity index (χ3n) is 1.95. The zero-order chi connectivity index (χ0) is 12.5. The van der Waals surface area contributed by atoms with Gasteiger partial charge in [0.25, 0.3) is 0 Å². The van der Waals surface area contributed by atoms with E-state index in [0.29, 0.717) is 18.7 Å². The molecule has 4 nitrogen and oxygen atoms in total. The van der Waals surface area contributed by atoms with Crippen molar-refractivity contribution in [1.82, 2.24) is 5.32 Å². The molecule has 0 aliphatic carbocycles. The molecule has 0 bridgehead atoms. The van der Waals surface area contributed by atoms with E-state index >= 15 is 0 Å². The molecule has 0 saturated carbocycles. The van der Waals surface area contributed by atoms with Crippen LogP contribution in [-0.2, 0) is 9.59 Å². The summed E-state index contributed by atoms with van der Waals surface area (Å²) in [6.07, 6.45) is 0.683. The predicted molar refractivity (Wildman–Crippen MR) is 64.2 cm³/mol. The molecule has 0 atom stereocenters. The van der Waals surface area contributed by atoms with Crippen molar-refractivity contribution in [2.45, 2.75) is 34.1 Å². The summed E-state index contributed by atoms with van der Waals surface area (Å²) in [6, 6.07) is 0. The fourth-order valence-corrected chi connectivity index (χ4v) is 0.495. The standard InChI is InChI=1S/C6H12O2.C4H9NOS/c1-4-6(2,3)5(7)8;1-4(6)5-2-3-7/h4H2,1-3H3,(H,7,8);7H,2-3H2,1H3,(H,5,6). The minimum absolute atomic E-state index is 0.00838. The van der Waals surface area contributed by atoms with Gasteiger partial charge in [0.2, 0.25) is 5.91 Å². The van der Waals surface area contributed by atoms with E-state index in [2.05, 4.69) is 17.9 Å². The number of aliphatic carboxylic acids is 1. The quantitative estimate of drug-likeness (QED) is 0.648. The molecule has 0 unspecified atom stereocenters. The first kappa shape index (κ1) is 16.7. The van der Waals surface area contributed by atoms with E-state index in [1.165, 1.54) is 6.92 Å². The number of carbonyl (C=O) groups is 2. The number of hydrogen-bond donors (Lipinski definition) is 3. The number of rotatable bonds is 4. The molecule has 0 rings (SSSR count). The molecule has 0 fully saturated rings. The molecule has 0 spiro atoms. The normalized spacial score (nSPS) is 9.93. The minimum atomic E-state index is -0.722. The topological polar surface area (TPSA) is 66.4 Å². The number of carbonyl (C=O) groups excluding carboxylic acids is 1. The average Bonchev–Trinajstić information content (AvgIpc) is 2.15. The average molecular weight is 235 g/mol. The van der Waals surface area contributed by atoms with Gasteiger partial charge in [-0.25, -0.2) is 0 Å². The molecule has 1 amide bonds. The van der Waals surface area contributed by atoms with Crippen LogP contribution < -0.4 is 5.32 Å². The first-order chi connectivity index (χ1) is 6.77. The van der Waals surface area contributed by atoms with Crippen molar-refractivity contribution in [3.8, 4) is 0 Å². The van der Waals surface area contributed by atoms with Gasteiger partial charge in [0.15, 0.2) is 0 Å². The molecule has 0 aromatic rings. The fourth-order valence-electron chi connectivity index (χ4n) is 0.383. The van der Waals surface area contributed by atoms with E-state index in [9.17, 15) is 9.59 Å². The van der Waals surface area contributed by atoms with E-state index in [-0.39, 0.29) is 5.91 Å². The van der Waals surface area contributed by atoms with Crippen LogP contribution in [-0.4, -0.2) is 29.3 Å². The molecule has 0 aliphatic heterocycles. The summed E-state index contributed by atoms with van der Waals surface area (Å²) >= 11 is 3.88. The Bertz CT molecular complexity index is 205. The van der Waals surface area contributed by atoms with Gasteiger partial charge in [-0.05, 0) is 20.3 Å². The lowest BCUT2D eigenvalue weighted by molar-refractivity contribution is -0.147. The molecule has 0 heterocycles. The Labute approximate surface area is 96.9 Å². The maximum atomic E-state index is 10.3. The highest BCUT2D eigenvalue weighted by Crippen LogP contribution is 2.18. The Kier molecular flexibility index (Phi) is 9.57. The first-order valence-corrected chi connectivity index (χ1v) is 5.49. The van der Waals surface area contributed by atoms with Crippen molar-refractivity contribution in [2.75, 3.05) is 12.3 Å². The third kappa shape index (κ3) is 11.2. The van der Waals surface area contributed by atoms with Gasteiger partial charge in [-0.15, -0.1) is 0 Å². The van der Waals surface area contributed by atoms with E-state index in [4.69, 9.17) is 5.11 Å². The highest BCUT2D eigenvalue weighted by Gasteiger charge is 2.23. The fraction of sp³-hybridized carbons (Fsp3) is 0.800. The van der Waals surface area contributed by atoms with Gasteiger partial charge in [-0.2, -0.15) is 12.6 Å². The lowest BCUT2D eigenvalue weighted by Crippen LogP contribution is -2.21. The molecule has 0 saturated heterocycles. The number of nitrogens with one attached hydrogen (secondary N) is 1. The van der Waals surface area contributed by atoms with E-state index in [0.717, 1.165) is 0 Å². The Hall–Kier alpha value is -0.710. The summed E-state index contributed by atoms with van der Waals surface area (Å²) in [4.78, 5) is 20.3. The van der Waals surface area contributed by atoms with Crippen molar-refractivity contribution in [3.63, 3.8) is 0 Å². The summed E-state index contributed by atoms with van der Waals surface area (Å²) in [5.74, 6) is -0.00593. The smallest absolute Gasteiger partial charge is 0.309 e. The van der Waals surface area contributed by atoms with Gasteiger partial charge in [-0.1, -0.05) is 6.92 Å². The highest BCUT2D eigenvalue weighted by molar-refractivity contribution is 7.80. The van der Waals surface area contributed by atoms with Crippen LogP contribution in [0.15, 0.2) is 0 Å². The largest absolute Gasteiger partial charge is 0.481 e. The molecule has 5 heteroatoms. The lowest BCUT2D eigenvalue weighted by Gasteiger charge is -2.14. The molecule has 0 radical (unpaired) electrons. The zero-order valence-corrected chi connectivity index (χ0v) is 10.7. The SMILES string of the molecule is CC(=O)NCCS.CCC(C)(C)C(=O)O. The summed E-state index contributed by atoms with van der Waals surface area (Å²) in [7, 11) is 0. The Morgan fingerprint density at radius 2 is 1.87 bits per heavy atom. The van der Waals surface area contributed by atoms with Crippen molar-refractivity contribution < 1.29 is 14.7 Å². The summed E-state index contributed by atoms with van der Waals surface area (Å²) < 4.78 is 0. The number of carboxylic acids is 1. The number of carboxylic acid groups (broad SMARTS) is 1. The van der Waals surface area contributed by atoms with E-state index in [1.807, 2.05) is 6.92 Å². The predicted octanol–water partition coefficient (Wildman–Crippen LogP) is 1.56. The Morgan fingerprint density at radius 1 is 1.40 bits per heavy atom. The molecule has 15 heavy (non-hydrogen) atoms. The van der Waals surface area contributed by atoms with Gasteiger partial charge in [0, 0.05) is 19.2 Å². The number of amides is 1. The minimum Gasteiger partial charge on any atom is -0.481 e. The number of thiol groups is 1. The molecule has 0 aromatic heterocycles. The lowest BCUT2D eigenvalue weighted by atomic mass is 9.91. The van der Waals surface area contributed by atoms with Gasteiger partial charge in [0.1, 0.15) is 0 Å². The summed E-state index contributed by atoms with van der Waals surface area (Å²) in [5.41, 5.74) is -0.542. The first-order valence-electron chi connectivity index (χ1n) is 4.86. The second-order valence-corrected chi connectivity index (χ2v) is 4.20. The summed E-state index contributed by atoms with van der Waals surface area (Å²) in [5, 5.41) is 11.0. The van der Waals surface area contributed by atoms with Crippen molar-refractivity contribution in [3.05, 3.63) is 0 Å². The molecule has 2 N–H and O–H groups in total. The second kappa shape index (κ2) is 8.59. The van der Waals surface area contributed by atoms with Crippen molar-refractivity contribution in [1.29, 1.82) is 0 Å². The monoisotopic (exact) mass is 235 g/mol. The van der Waals surface area contributed by atoms with Crippen molar-refractivity contribution in [2.24, 2.45) is 5.41 Å². The van der Waals surface area contributed by atoms with Crippen LogP contribution in [0.3, 0.4) is 0 Å². The Balaban J connectivity index is 0. The van der Waals surface area contributed by atoms with Crippen LogP contribution in [0.25, 0.3) is 0 Å². The molecular weight excluding hydrogens is 214 g/mol. The maximum absolute atomic E-state index is 10.3. The van der Waals surface area contributed by atoms with Crippen LogP contribution in [0.2, 0.25) is 0 Å².